The second kappa shape index (κ2) is 12.7. The van der Waals surface area contributed by atoms with Crippen molar-refractivity contribution in [3.05, 3.63) is 4.91 Å². The zero-order chi connectivity index (χ0) is 9.82. The first-order valence-corrected chi connectivity index (χ1v) is 3.09. The summed E-state index contributed by atoms with van der Waals surface area (Å²) in [5, 5.41) is 16.1. The van der Waals surface area contributed by atoms with Crippen molar-refractivity contribution in [1.82, 2.24) is 0 Å². The molecule has 0 rings (SSSR count). The Bertz CT molecular complexity index is 90.7. The van der Waals surface area contributed by atoms with Gasteiger partial charge < -0.3 is 10.2 Å². The molecule has 12 heavy (non-hydrogen) atoms. The van der Waals surface area contributed by atoms with Crippen LogP contribution >= 0.6 is 0 Å². The van der Waals surface area contributed by atoms with Gasteiger partial charge in [0.25, 0.3) is 0 Å². The van der Waals surface area contributed by atoms with Gasteiger partial charge in [-0.25, -0.2) is 0 Å². The van der Waals surface area contributed by atoms with Gasteiger partial charge in [0.2, 0.25) is 0 Å². The fourth-order valence-electron chi connectivity index (χ4n) is 0.268. The van der Waals surface area contributed by atoms with Crippen molar-refractivity contribution in [2.45, 2.75) is 0 Å². The maximum Gasteiger partial charge on any atom is 0.477 e. The number of hydrogen-bond donors (Lipinski definition) is 4. The average molecular weight is 184 g/mol. The molecule has 74 valence electrons. The highest BCUT2D eigenvalue weighted by Gasteiger charge is 2.09. The minimum absolute atomic E-state index is 0.116. The predicted molar refractivity (Wildman–Crippen MR) is 38.1 cm³/mol. The molecular formula is C4H14N3O5+. The lowest BCUT2D eigenvalue weighted by molar-refractivity contribution is -0.981. The van der Waals surface area contributed by atoms with Crippen molar-refractivity contribution in [2.75, 3.05) is 26.4 Å². The van der Waals surface area contributed by atoms with Gasteiger partial charge in [0.05, 0.1) is 13.2 Å². The number of hydrazine groups is 1. The molecular weight excluding hydrogens is 170 g/mol. The summed E-state index contributed by atoms with van der Waals surface area (Å²) >= 11 is 0. The van der Waals surface area contributed by atoms with Gasteiger partial charge in [0.1, 0.15) is 4.91 Å². The number of rotatable bonds is 6. The van der Waals surface area contributed by atoms with E-state index in [-0.39, 0.29) is 31.5 Å². The summed E-state index contributed by atoms with van der Waals surface area (Å²) in [6, 6.07) is 0. The molecule has 0 aliphatic heterocycles. The van der Waals surface area contributed by atoms with E-state index in [9.17, 15) is 4.91 Å². The van der Waals surface area contributed by atoms with Gasteiger partial charge in [-0.1, -0.05) is 0 Å². The van der Waals surface area contributed by atoms with Crippen molar-refractivity contribution in [3.8, 4) is 0 Å². The van der Waals surface area contributed by atoms with E-state index < -0.39 is 0 Å². The molecule has 0 aromatic carbocycles. The molecule has 0 unspecified atom stereocenters. The topological polar surface area (TPSA) is 131 Å². The summed E-state index contributed by atoms with van der Waals surface area (Å²) in [6.45, 7) is -0.730. The molecule has 0 aromatic rings. The largest absolute Gasteiger partial charge is 0.477 e. The van der Waals surface area contributed by atoms with Gasteiger partial charge in [-0.05, 0) is 0 Å². The normalized spacial score (nSPS) is 8.00. The van der Waals surface area contributed by atoms with Crippen LogP contribution in [0.15, 0.2) is 0 Å². The zero-order valence-electron chi connectivity index (χ0n) is 6.55. The van der Waals surface area contributed by atoms with Crippen molar-refractivity contribution >= 4 is 0 Å². The summed E-state index contributed by atoms with van der Waals surface area (Å²) in [6.07, 6.45) is 0. The minimum Gasteiger partial charge on any atom is -0.393 e. The molecule has 0 aliphatic rings. The number of hydrogen-bond acceptors (Lipinski definition) is 7. The molecule has 0 heterocycles. The molecule has 0 saturated heterocycles. The average Bonchev–Trinajstić information content (AvgIpc) is 2.14. The Balaban J connectivity index is 0. The van der Waals surface area contributed by atoms with Crippen molar-refractivity contribution in [2.24, 2.45) is 11.7 Å². The number of aliphatic hydroxyl groups excluding tert-OH is 2. The van der Waals surface area contributed by atoms with E-state index >= 15 is 0 Å². The molecule has 8 heteroatoms. The van der Waals surface area contributed by atoms with Gasteiger partial charge in [-0.2, -0.15) is 9.68 Å². The van der Waals surface area contributed by atoms with E-state index in [0.29, 0.717) is 0 Å². The third-order valence-corrected chi connectivity index (χ3v) is 0.576. The van der Waals surface area contributed by atoms with Crippen LogP contribution in [0.4, 0.5) is 0 Å². The highest BCUT2D eigenvalue weighted by atomic mass is 17.0. The second-order valence-electron chi connectivity index (χ2n) is 1.34. The van der Waals surface area contributed by atoms with E-state index in [2.05, 4.69) is 21.4 Å². The lowest BCUT2D eigenvalue weighted by atomic mass is 10.8. The first-order chi connectivity index (χ1) is 5.81. The third kappa shape index (κ3) is 11.8. The quantitative estimate of drug-likeness (QED) is 0.263. The van der Waals surface area contributed by atoms with Gasteiger partial charge >= 0.3 is 5.09 Å². The minimum atomic E-state index is -0.249. The zero-order valence-corrected chi connectivity index (χ0v) is 6.55. The Kier molecular flexibility index (Phi) is 14.4. The van der Waals surface area contributed by atoms with Crippen LogP contribution in [-0.4, -0.2) is 41.7 Å². The van der Waals surface area contributed by atoms with Crippen LogP contribution in [0.5, 0.6) is 0 Å². The standard InChI is InChI=1S/C4H10NO5.H4N2/c6-1-3-9-5(8)10-4-2-7;1-2/h6-7H,1-4H2;1-2H2/q+1;. The van der Waals surface area contributed by atoms with E-state index in [4.69, 9.17) is 10.2 Å². The Morgan fingerprint density at radius 1 is 1.08 bits per heavy atom. The molecule has 0 fully saturated rings. The Labute approximate surface area is 69.1 Å². The smallest absolute Gasteiger partial charge is 0.393 e. The van der Waals surface area contributed by atoms with Crippen LogP contribution in [0, 0.1) is 4.91 Å². The summed E-state index contributed by atoms with van der Waals surface area (Å²) in [5.74, 6) is 8.00. The highest BCUT2D eigenvalue weighted by Crippen LogP contribution is 1.79. The second-order valence-corrected chi connectivity index (χ2v) is 1.34. The number of aliphatic hydroxyl groups is 2. The van der Waals surface area contributed by atoms with E-state index in [1.54, 1.807) is 0 Å². The molecule has 0 aliphatic carbocycles. The van der Waals surface area contributed by atoms with E-state index in [0.717, 1.165) is 0 Å². The van der Waals surface area contributed by atoms with Crippen LogP contribution in [0.25, 0.3) is 0 Å². The molecule has 0 radical (unpaired) electrons. The van der Waals surface area contributed by atoms with E-state index in [1.165, 1.54) is 0 Å². The van der Waals surface area contributed by atoms with Gasteiger partial charge in [-0.3, -0.25) is 11.7 Å². The molecule has 0 spiro atoms. The first-order valence-electron chi connectivity index (χ1n) is 3.09. The van der Waals surface area contributed by atoms with Crippen molar-refractivity contribution < 1.29 is 25.0 Å². The third-order valence-electron chi connectivity index (χ3n) is 0.576. The lowest BCUT2D eigenvalue weighted by Gasteiger charge is -1.89. The van der Waals surface area contributed by atoms with Crippen LogP contribution in [0.1, 0.15) is 0 Å². The van der Waals surface area contributed by atoms with Crippen LogP contribution in [-0.2, 0) is 9.68 Å². The Hall–Kier alpha value is -0.960. The van der Waals surface area contributed by atoms with Gasteiger partial charge in [0, 0.05) is 0 Å². The number of nitrogens with zero attached hydrogens (tertiary/aromatic N) is 1. The summed E-state index contributed by atoms with van der Waals surface area (Å²) < 4.78 is 0. The van der Waals surface area contributed by atoms with Crippen LogP contribution in [0.2, 0.25) is 0 Å². The van der Waals surface area contributed by atoms with Crippen LogP contribution < -0.4 is 11.7 Å². The molecule has 0 amide bonds. The summed E-state index contributed by atoms with van der Waals surface area (Å²) in [4.78, 5) is 18.6. The van der Waals surface area contributed by atoms with E-state index in [1.807, 2.05) is 0 Å². The van der Waals surface area contributed by atoms with Gasteiger partial charge in [0.15, 0.2) is 13.2 Å². The van der Waals surface area contributed by atoms with Crippen molar-refractivity contribution in [3.63, 3.8) is 0 Å². The first kappa shape index (κ1) is 13.6. The Morgan fingerprint density at radius 3 is 1.67 bits per heavy atom. The molecule has 0 atom stereocenters. The van der Waals surface area contributed by atoms with Gasteiger partial charge in [-0.15, -0.1) is 0 Å². The maximum absolute atomic E-state index is 10.2. The highest BCUT2D eigenvalue weighted by molar-refractivity contribution is 4.12. The predicted octanol–water partition coefficient (Wildman–Crippen LogP) is -2.57. The summed E-state index contributed by atoms with van der Waals surface area (Å²) in [7, 11) is 0. The fraction of sp³-hybridized carbons (Fsp3) is 1.00. The molecule has 0 saturated carbocycles. The Morgan fingerprint density at radius 2 is 1.42 bits per heavy atom. The number of nitrogens with two attached hydrogens (primary N) is 2. The van der Waals surface area contributed by atoms with Crippen LogP contribution in [0.3, 0.4) is 0 Å². The van der Waals surface area contributed by atoms with Crippen molar-refractivity contribution in [1.29, 1.82) is 0 Å². The maximum atomic E-state index is 10.2. The SMILES string of the molecule is NN.O=[N+](OCCO)OCCO. The molecule has 0 aromatic heterocycles. The monoisotopic (exact) mass is 184 g/mol. The molecule has 6 N–H and O–H groups in total. The fourth-order valence-corrected chi connectivity index (χ4v) is 0.268. The summed E-state index contributed by atoms with van der Waals surface area (Å²) in [5.41, 5.74) is 0. The molecule has 8 nitrogen and oxygen atoms in total. The molecule has 0 bridgehead atoms. The lowest BCUT2D eigenvalue weighted by Crippen LogP contribution is -2.15.